The van der Waals surface area contributed by atoms with E-state index in [1.807, 2.05) is 33.2 Å². The van der Waals surface area contributed by atoms with Crippen molar-refractivity contribution in [3.63, 3.8) is 0 Å². The summed E-state index contributed by atoms with van der Waals surface area (Å²) in [6.07, 6.45) is 3.82. The van der Waals surface area contributed by atoms with Gasteiger partial charge < -0.3 is 19.0 Å². The molecule has 1 aliphatic heterocycles. The predicted octanol–water partition coefficient (Wildman–Crippen LogP) is 5.88. The maximum absolute atomic E-state index is 15.1. The third-order valence-electron chi connectivity index (χ3n) is 6.68. The largest absolute Gasteiger partial charge is 0.497 e. The zero-order valence-electron chi connectivity index (χ0n) is 19.3. The van der Waals surface area contributed by atoms with Crippen LogP contribution in [0.2, 0.25) is 0 Å². The number of hydrogen-bond acceptors (Lipinski definition) is 4. The molecule has 0 bridgehead atoms. The number of benzene rings is 2. The fraction of sp³-hybridized carbons (Fsp3) is 0.185. The third kappa shape index (κ3) is 3.34. The molecule has 1 amide bonds. The average Bonchev–Trinajstić information content (AvgIpc) is 3.56. The number of thiocarbonyl (C=S) groups is 1. The number of fused-ring (bicyclic) bond motifs is 3. The van der Waals surface area contributed by atoms with Crippen molar-refractivity contribution in [3.05, 3.63) is 83.4 Å². The topological polar surface area (TPSA) is 60.8 Å². The van der Waals surface area contributed by atoms with Crippen LogP contribution < -0.4 is 10.1 Å². The van der Waals surface area contributed by atoms with Crippen LogP contribution >= 0.6 is 12.2 Å². The fourth-order valence-corrected chi connectivity index (χ4v) is 5.43. The Kier molecular flexibility index (Phi) is 5.37. The van der Waals surface area contributed by atoms with Crippen LogP contribution in [0, 0.1) is 11.6 Å². The van der Waals surface area contributed by atoms with E-state index in [1.54, 1.807) is 25.3 Å². The highest BCUT2D eigenvalue weighted by molar-refractivity contribution is 7.80. The second kappa shape index (κ2) is 8.60. The van der Waals surface area contributed by atoms with Gasteiger partial charge in [0.05, 0.1) is 24.6 Å². The second-order valence-corrected chi connectivity index (χ2v) is 9.10. The van der Waals surface area contributed by atoms with Gasteiger partial charge in [0.1, 0.15) is 21.9 Å². The number of carbonyl (C=O) groups is 1. The first-order valence-corrected chi connectivity index (χ1v) is 12.0. The molecule has 0 aliphatic carbocycles. The van der Waals surface area contributed by atoms with Gasteiger partial charge in [0.25, 0.3) is 5.91 Å². The smallest absolute Gasteiger partial charge is 0.292 e. The first-order chi connectivity index (χ1) is 17.5. The number of nitrogens with one attached hydrogen (secondary N) is 1. The molecular weight excluding hydrogens is 484 g/mol. The maximum Gasteiger partial charge on any atom is 0.292 e. The van der Waals surface area contributed by atoms with Crippen LogP contribution in [0.25, 0.3) is 27.8 Å². The molecule has 0 unspecified atom stereocenters. The van der Waals surface area contributed by atoms with Gasteiger partial charge in [-0.25, -0.2) is 8.78 Å². The Morgan fingerprint density at radius 1 is 1.11 bits per heavy atom. The Balaban J connectivity index is 1.67. The molecule has 6 nitrogen and oxygen atoms in total. The molecular formula is C27H21F2N3O3S. The maximum atomic E-state index is 15.1. The van der Waals surface area contributed by atoms with Gasteiger partial charge in [0.2, 0.25) is 0 Å². The Hall–Kier alpha value is -3.98. The normalized spacial score (nSPS) is 13.2. The van der Waals surface area contributed by atoms with Crippen molar-refractivity contribution in [1.82, 2.24) is 14.3 Å². The molecule has 182 valence electrons. The lowest BCUT2D eigenvalue weighted by Gasteiger charge is -2.12. The van der Waals surface area contributed by atoms with Crippen molar-refractivity contribution in [1.29, 1.82) is 0 Å². The number of ether oxygens (including phenoxy) is 1. The summed E-state index contributed by atoms with van der Waals surface area (Å²) < 4.78 is 43.7. The van der Waals surface area contributed by atoms with E-state index in [2.05, 4.69) is 5.32 Å². The fourth-order valence-electron chi connectivity index (χ4n) is 5.14. The molecule has 0 saturated heterocycles. The Labute approximate surface area is 210 Å². The van der Waals surface area contributed by atoms with Crippen molar-refractivity contribution in [2.45, 2.75) is 25.8 Å². The Morgan fingerprint density at radius 2 is 1.92 bits per heavy atom. The summed E-state index contributed by atoms with van der Waals surface area (Å²) in [5.74, 6) is -1.47. The van der Waals surface area contributed by atoms with Crippen LogP contribution in [-0.4, -0.2) is 27.0 Å². The lowest BCUT2D eigenvalue weighted by molar-refractivity contribution is 0.0951. The Bertz CT molecular complexity index is 1650. The summed E-state index contributed by atoms with van der Waals surface area (Å²) in [5.41, 5.74) is 4.66. The molecule has 1 N–H and O–H groups in total. The molecule has 0 radical (unpaired) electrons. The molecule has 0 saturated carbocycles. The lowest BCUT2D eigenvalue weighted by Crippen LogP contribution is -2.30. The SMILES string of the molecule is COc1ccc(-c2c3c4n(c5c(F)c(F)ccc5n4c2C(=S)NC(=O)c2ccco2)CCCC3)cc1. The minimum absolute atomic E-state index is 0.119. The molecule has 3 aromatic heterocycles. The molecule has 0 fully saturated rings. The average molecular weight is 506 g/mol. The number of imidazole rings is 1. The van der Waals surface area contributed by atoms with E-state index in [0.717, 1.165) is 47.7 Å². The van der Waals surface area contributed by atoms with Crippen LogP contribution in [-0.2, 0) is 13.0 Å². The molecule has 36 heavy (non-hydrogen) atoms. The summed E-state index contributed by atoms with van der Waals surface area (Å²) in [5, 5.41) is 2.77. The van der Waals surface area contributed by atoms with Crippen LogP contribution in [0.4, 0.5) is 8.78 Å². The number of furan rings is 1. The quantitative estimate of drug-likeness (QED) is 0.310. The molecule has 0 atom stereocenters. The predicted molar refractivity (Wildman–Crippen MR) is 136 cm³/mol. The number of aromatic nitrogens is 2. The Morgan fingerprint density at radius 3 is 2.64 bits per heavy atom. The van der Waals surface area contributed by atoms with Crippen molar-refractivity contribution in [2.24, 2.45) is 0 Å². The molecule has 0 spiro atoms. The minimum Gasteiger partial charge on any atom is -0.497 e. The molecule has 9 heteroatoms. The van der Waals surface area contributed by atoms with Gasteiger partial charge in [-0.05, 0) is 61.2 Å². The van der Waals surface area contributed by atoms with Gasteiger partial charge in [-0.15, -0.1) is 0 Å². The number of aryl methyl sites for hydroxylation is 2. The van der Waals surface area contributed by atoms with E-state index in [9.17, 15) is 9.18 Å². The number of nitrogens with zero attached hydrogens (tertiary/aromatic N) is 2. The highest BCUT2D eigenvalue weighted by atomic mass is 32.1. The van der Waals surface area contributed by atoms with Crippen LogP contribution in [0.15, 0.2) is 59.2 Å². The number of carbonyl (C=O) groups excluding carboxylic acids is 1. The standard InChI is InChI=1S/C27H21F2N3O3S/c1-34-16-9-7-15(8-10-16)21-17-5-2-3-13-31-23-19(12-11-18(28)22(23)29)32(27(17)31)24(21)26(36)30-25(33)20-6-4-14-35-20/h4,6-12,14H,2-3,5,13H2,1H3,(H,30,33,36). The number of amides is 1. The lowest BCUT2D eigenvalue weighted by atomic mass is 9.98. The minimum atomic E-state index is -0.907. The van der Waals surface area contributed by atoms with Crippen LogP contribution in [0.1, 0.15) is 34.7 Å². The zero-order chi connectivity index (χ0) is 25.0. The number of methoxy groups -OCH3 is 1. The van der Waals surface area contributed by atoms with Gasteiger partial charge in [-0.3, -0.25) is 9.20 Å². The number of hydrogen-bond donors (Lipinski definition) is 1. The third-order valence-corrected chi connectivity index (χ3v) is 6.98. The molecule has 5 aromatic rings. The van der Waals surface area contributed by atoms with Crippen molar-refractivity contribution < 1.29 is 22.7 Å². The summed E-state index contributed by atoms with van der Waals surface area (Å²) in [6.45, 7) is 0.539. The van der Waals surface area contributed by atoms with E-state index < -0.39 is 17.5 Å². The molecule has 2 aromatic carbocycles. The van der Waals surface area contributed by atoms with Gasteiger partial charge in [0.15, 0.2) is 17.4 Å². The van der Waals surface area contributed by atoms with Gasteiger partial charge in [-0.2, -0.15) is 0 Å². The van der Waals surface area contributed by atoms with E-state index in [1.165, 1.54) is 6.26 Å². The van der Waals surface area contributed by atoms with Crippen molar-refractivity contribution in [3.8, 4) is 16.9 Å². The summed E-state index contributed by atoms with van der Waals surface area (Å²) in [4.78, 5) is 13.0. The van der Waals surface area contributed by atoms with Crippen LogP contribution in [0.5, 0.6) is 5.75 Å². The first kappa shape index (κ1) is 22.5. The molecule has 6 rings (SSSR count). The highest BCUT2D eigenvalue weighted by Crippen LogP contribution is 2.41. The van der Waals surface area contributed by atoms with E-state index in [0.29, 0.717) is 23.5 Å². The molecule has 1 aliphatic rings. The number of halogens is 2. The van der Waals surface area contributed by atoms with Gasteiger partial charge in [-0.1, -0.05) is 24.4 Å². The highest BCUT2D eigenvalue weighted by Gasteiger charge is 2.31. The van der Waals surface area contributed by atoms with Crippen molar-refractivity contribution >= 4 is 39.8 Å². The van der Waals surface area contributed by atoms with E-state index >= 15 is 4.39 Å². The monoisotopic (exact) mass is 505 g/mol. The summed E-state index contributed by atoms with van der Waals surface area (Å²) in [6, 6.07) is 13.4. The number of rotatable bonds is 4. The molecule has 4 heterocycles. The zero-order valence-corrected chi connectivity index (χ0v) is 20.1. The van der Waals surface area contributed by atoms with E-state index in [4.69, 9.17) is 21.4 Å². The summed E-state index contributed by atoms with van der Waals surface area (Å²) >= 11 is 5.78. The van der Waals surface area contributed by atoms with Crippen molar-refractivity contribution in [2.75, 3.05) is 7.11 Å². The van der Waals surface area contributed by atoms with Crippen LogP contribution in [0.3, 0.4) is 0 Å². The summed E-state index contributed by atoms with van der Waals surface area (Å²) in [7, 11) is 1.60. The first-order valence-electron chi connectivity index (χ1n) is 11.6. The van der Waals surface area contributed by atoms with E-state index in [-0.39, 0.29) is 16.3 Å². The van der Waals surface area contributed by atoms with Gasteiger partial charge >= 0.3 is 0 Å². The van der Waals surface area contributed by atoms with Gasteiger partial charge in [0, 0.05) is 17.7 Å². The second-order valence-electron chi connectivity index (χ2n) is 8.69.